The van der Waals surface area contributed by atoms with Crippen LogP contribution < -0.4 is 5.56 Å². The molecule has 10 heteroatoms. The first kappa shape index (κ1) is 14.6. The Bertz CT molecular complexity index is 599. The van der Waals surface area contributed by atoms with E-state index in [2.05, 4.69) is 24.9 Å². The molecule has 1 aliphatic heterocycles. The van der Waals surface area contributed by atoms with Gasteiger partial charge in [-0.05, 0) is 0 Å². The van der Waals surface area contributed by atoms with Crippen LogP contribution in [0.2, 0.25) is 0 Å². The molecule has 0 spiro atoms. The number of hydrogen-bond acceptors (Lipinski definition) is 8. The van der Waals surface area contributed by atoms with Crippen LogP contribution in [0.25, 0.3) is 11.0 Å². The molecule has 0 bridgehead atoms. The van der Waals surface area contributed by atoms with Gasteiger partial charge in [-0.25, -0.2) is 4.98 Å². The Balaban J connectivity index is 0.000000147. The van der Waals surface area contributed by atoms with Crippen LogP contribution in [0.15, 0.2) is 17.3 Å². The Labute approximate surface area is 111 Å². The Morgan fingerprint density at radius 3 is 2.65 bits per heavy atom. The molecule has 20 heavy (non-hydrogen) atoms. The van der Waals surface area contributed by atoms with Crippen LogP contribution in [0, 0.1) is 0 Å². The predicted molar refractivity (Wildman–Crippen MR) is 64.5 cm³/mol. The molecule has 3 rings (SSSR count). The van der Waals surface area contributed by atoms with Crippen LogP contribution in [-0.2, 0) is 4.74 Å². The highest BCUT2D eigenvalue weighted by molar-refractivity contribution is 5.71. The zero-order valence-electron chi connectivity index (χ0n) is 10.2. The Kier molecular flexibility index (Phi) is 4.42. The molecule has 0 saturated carbocycles. The lowest BCUT2D eigenvalue weighted by Gasteiger charge is -2.31. The second-order valence-corrected chi connectivity index (χ2v) is 4.14. The summed E-state index contributed by atoms with van der Waals surface area (Å²) in [5.41, 5.74) is 0.350. The van der Waals surface area contributed by atoms with Crippen molar-refractivity contribution in [2.45, 2.75) is 24.6 Å². The lowest BCUT2D eigenvalue weighted by atomic mass is 10.1. The number of hydrogen-bond donors (Lipinski definition) is 6. The van der Waals surface area contributed by atoms with E-state index in [9.17, 15) is 4.79 Å². The van der Waals surface area contributed by atoms with Crippen LogP contribution in [0.4, 0.5) is 0 Å². The quantitative estimate of drug-likeness (QED) is 0.299. The number of aromatic amines is 2. The van der Waals surface area contributed by atoms with E-state index in [-0.39, 0.29) is 12.2 Å². The minimum Gasteiger partial charge on any atom is -0.388 e. The predicted octanol–water partition coefficient (Wildman–Crippen LogP) is -2.94. The maximum Gasteiger partial charge on any atom is 0.261 e. The van der Waals surface area contributed by atoms with Gasteiger partial charge in [-0.3, -0.25) is 9.89 Å². The van der Waals surface area contributed by atoms with E-state index in [4.69, 9.17) is 20.4 Å². The van der Waals surface area contributed by atoms with E-state index in [1.165, 1.54) is 12.5 Å². The fourth-order valence-corrected chi connectivity index (χ4v) is 1.57. The third-order valence-corrected chi connectivity index (χ3v) is 2.73. The molecule has 0 radical (unpaired) electrons. The number of nitrogens with one attached hydrogen (secondary N) is 2. The van der Waals surface area contributed by atoms with Crippen molar-refractivity contribution in [1.82, 2.24) is 20.2 Å². The molecule has 1 aliphatic rings. The highest BCUT2D eigenvalue weighted by Gasteiger charge is 2.36. The number of H-pyrrole nitrogens is 2. The number of aromatic nitrogens is 4. The van der Waals surface area contributed by atoms with Gasteiger partial charge >= 0.3 is 0 Å². The largest absolute Gasteiger partial charge is 0.388 e. The van der Waals surface area contributed by atoms with Crippen LogP contribution in [0.1, 0.15) is 0 Å². The summed E-state index contributed by atoms with van der Waals surface area (Å²) in [6.45, 7) is -0.153. The Morgan fingerprint density at radius 2 is 2.00 bits per heavy atom. The van der Waals surface area contributed by atoms with E-state index < -0.39 is 24.6 Å². The summed E-state index contributed by atoms with van der Waals surface area (Å²) in [5.74, 6) is 0. The molecule has 10 nitrogen and oxygen atoms in total. The van der Waals surface area contributed by atoms with E-state index in [0.29, 0.717) is 11.0 Å². The Hall–Kier alpha value is -1.85. The maximum atomic E-state index is 10.9. The summed E-state index contributed by atoms with van der Waals surface area (Å²) in [5, 5.41) is 42.0. The van der Waals surface area contributed by atoms with Gasteiger partial charge < -0.3 is 30.1 Å². The number of rotatable bonds is 0. The summed E-state index contributed by atoms with van der Waals surface area (Å²) >= 11 is 0. The van der Waals surface area contributed by atoms with Gasteiger partial charge in [0, 0.05) is 0 Å². The van der Waals surface area contributed by atoms with Crippen molar-refractivity contribution in [1.29, 1.82) is 0 Å². The van der Waals surface area contributed by atoms with Crippen LogP contribution >= 0.6 is 0 Å². The molecule has 2 aromatic heterocycles. The molecule has 110 valence electrons. The smallest absolute Gasteiger partial charge is 0.261 e. The number of nitrogens with zero attached hydrogens (tertiary/aromatic N) is 2. The topological polar surface area (TPSA) is 165 Å². The normalized spacial score (nSPS) is 29.8. The van der Waals surface area contributed by atoms with E-state index in [1.54, 1.807) is 0 Å². The molecule has 1 saturated heterocycles. The lowest BCUT2D eigenvalue weighted by molar-refractivity contribution is -0.252. The van der Waals surface area contributed by atoms with Crippen molar-refractivity contribution >= 4 is 11.0 Å². The number of fused-ring (bicyclic) bond motifs is 1. The zero-order valence-corrected chi connectivity index (χ0v) is 10.2. The van der Waals surface area contributed by atoms with E-state index in [0.717, 1.165) is 0 Å². The van der Waals surface area contributed by atoms with Gasteiger partial charge in [0.1, 0.15) is 23.7 Å². The summed E-state index contributed by atoms with van der Waals surface area (Å²) in [7, 11) is 0. The average molecular weight is 286 g/mol. The number of aliphatic hydroxyl groups excluding tert-OH is 4. The summed E-state index contributed by atoms with van der Waals surface area (Å²) in [6, 6.07) is 0. The maximum absolute atomic E-state index is 10.9. The average Bonchev–Trinajstić information content (AvgIpc) is 2.92. The van der Waals surface area contributed by atoms with E-state index >= 15 is 0 Å². The molecule has 1 unspecified atom stereocenters. The molecule has 4 atom stereocenters. The second-order valence-electron chi connectivity index (χ2n) is 4.14. The minimum absolute atomic E-state index is 0.153. The molecular weight excluding hydrogens is 272 g/mol. The zero-order chi connectivity index (χ0) is 14.7. The standard InChI is InChI=1S/C5H4N4O.C5H10O5/c10-5-3-1-8-9-4(3)6-2-7-5;6-2-1-10-5(9)4(8)3(2)7/h1-2H,(H2,6,7,8,9,10);2-9H,1H2/t;2-,3-,4-,5?/m.1/s1. The first-order valence-electron chi connectivity index (χ1n) is 5.71. The van der Waals surface area contributed by atoms with E-state index in [1.807, 2.05) is 0 Å². The van der Waals surface area contributed by atoms with Gasteiger partial charge in [-0.15, -0.1) is 0 Å². The van der Waals surface area contributed by atoms with Crippen LogP contribution in [-0.4, -0.2) is 71.8 Å². The molecule has 3 heterocycles. The van der Waals surface area contributed by atoms with Gasteiger partial charge in [0.25, 0.3) is 5.56 Å². The SMILES string of the molecule is O=c1[nH]cnc2[nH]ncc12.OC1OC[C@@H](O)[C@@H](O)[C@H]1O. The van der Waals surface area contributed by atoms with Gasteiger partial charge in [0.15, 0.2) is 11.9 Å². The third-order valence-electron chi connectivity index (χ3n) is 2.73. The molecule has 0 aromatic carbocycles. The molecule has 0 amide bonds. The van der Waals surface area contributed by atoms with Crippen molar-refractivity contribution in [2.75, 3.05) is 6.61 Å². The molecule has 6 N–H and O–H groups in total. The first-order valence-corrected chi connectivity index (χ1v) is 5.71. The van der Waals surface area contributed by atoms with Crippen LogP contribution in [0.5, 0.6) is 0 Å². The fourth-order valence-electron chi connectivity index (χ4n) is 1.57. The van der Waals surface area contributed by atoms with Crippen LogP contribution in [0.3, 0.4) is 0 Å². The highest BCUT2D eigenvalue weighted by Crippen LogP contribution is 2.12. The Morgan fingerprint density at radius 1 is 1.25 bits per heavy atom. The molecule has 1 fully saturated rings. The van der Waals surface area contributed by atoms with Crippen molar-refractivity contribution in [3.8, 4) is 0 Å². The molecule has 0 aliphatic carbocycles. The van der Waals surface area contributed by atoms with Gasteiger partial charge in [-0.1, -0.05) is 0 Å². The summed E-state index contributed by atoms with van der Waals surface area (Å²) in [4.78, 5) is 17.1. The van der Waals surface area contributed by atoms with Crippen molar-refractivity contribution in [3.63, 3.8) is 0 Å². The molecular formula is C10H14N4O6. The highest BCUT2D eigenvalue weighted by atomic mass is 16.6. The first-order chi connectivity index (χ1) is 9.50. The van der Waals surface area contributed by atoms with Crippen molar-refractivity contribution < 1.29 is 25.2 Å². The third kappa shape index (κ3) is 3.00. The molecule has 2 aromatic rings. The second kappa shape index (κ2) is 6.07. The lowest BCUT2D eigenvalue weighted by Crippen LogP contribution is -2.52. The summed E-state index contributed by atoms with van der Waals surface area (Å²) < 4.78 is 4.47. The number of aliphatic hydroxyl groups is 4. The number of ether oxygens (including phenoxy) is 1. The van der Waals surface area contributed by atoms with Gasteiger partial charge in [0.2, 0.25) is 0 Å². The van der Waals surface area contributed by atoms with Gasteiger partial charge in [-0.2, -0.15) is 5.10 Å². The van der Waals surface area contributed by atoms with Crippen molar-refractivity contribution in [2.24, 2.45) is 0 Å². The summed E-state index contributed by atoms with van der Waals surface area (Å²) in [6.07, 6.45) is -2.45. The minimum atomic E-state index is -1.41. The van der Waals surface area contributed by atoms with Crippen molar-refractivity contribution in [3.05, 3.63) is 22.9 Å². The monoisotopic (exact) mass is 286 g/mol. The fraction of sp³-hybridized carbons (Fsp3) is 0.500. The van der Waals surface area contributed by atoms with Gasteiger partial charge in [0.05, 0.1) is 19.1 Å².